The Labute approximate surface area is 158 Å². The number of rotatable bonds is 3. The van der Waals surface area contributed by atoms with Crippen molar-refractivity contribution in [2.45, 2.75) is 30.6 Å². The maximum absolute atomic E-state index is 13.1. The van der Waals surface area contributed by atoms with Crippen LogP contribution in [-0.2, 0) is 18.3 Å². The first kappa shape index (κ1) is 17.6. The van der Waals surface area contributed by atoms with Gasteiger partial charge in [0.1, 0.15) is 17.2 Å². The van der Waals surface area contributed by atoms with E-state index in [1.54, 1.807) is 18.0 Å². The van der Waals surface area contributed by atoms with Crippen LogP contribution in [0.25, 0.3) is 0 Å². The quantitative estimate of drug-likeness (QED) is 0.901. The molecule has 0 unspecified atom stereocenters. The molecule has 0 spiro atoms. The number of carbonyl (C=O) groups excluding carboxylic acids is 1. The Balaban J connectivity index is 1.41. The lowest BCUT2D eigenvalue weighted by atomic mass is 9.90. The number of hydrogen-bond acceptors (Lipinski definition) is 4. The summed E-state index contributed by atoms with van der Waals surface area (Å²) in [5.74, 6) is 2.10. The number of aliphatic hydroxyl groups excluding tert-OH is 1. The maximum Gasteiger partial charge on any atom is 0.240 e. The number of thioether (sulfide) groups is 1. The van der Waals surface area contributed by atoms with E-state index in [9.17, 15) is 9.90 Å². The average molecular weight is 372 g/mol. The Morgan fingerprint density at radius 2 is 2.08 bits per heavy atom. The molecule has 2 aliphatic rings. The Hall–Kier alpha value is -1.79. The van der Waals surface area contributed by atoms with Gasteiger partial charge < -0.3 is 14.6 Å². The molecule has 1 N–H and O–H groups in total. The number of aromatic nitrogens is 2. The number of nitrogens with zero attached hydrogens (tertiary/aromatic N) is 3. The third kappa shape index (κ3) is 3.28. The van der Waals surface area contributed by atoms with Crippen molar-refractivity contribution in [1.29, 1.82) is 0 Å². The molecule has 4 rings (SSSR count). The number of fused-ring (bicyclic) bond motifs is 1. The smallest absolute Gasteiger partial charge is 0.240 e. The zero-order chi connectivity index (χ0) is 18.1. The summed E-state index contributed by atoms with van der Waals surface area (Å²) in [5.41, 5.74) is 2.49. The fourth-order valence-electron chi connectivity index (χ4n) is 4.07. The van der Waals surface area contributed by atoms with Crippen molar-refractivity contribution in [3.05, 3.63) is 53.6 Å². The minimum absolute atomic E-state index is 0.0732. The average Bonchev–Trinajstić information content (AvgIpc) is 3.12. The van der Waals surface area contributed by atoms with E-state index >= 15 is 0 Å². The Morgan fingerprint density at radius 3 is 2.81 bits per heavy atom. The number of imidazole rings is 1. The van der Waals surface area contributed by atoms with Crippen LogP contribution in [0, 0.1) is 5.92 Å². The largest absolute Gasteiger partial charge is 0.385 e. The van der Waals surface area contributed by atoms with Crippen LogP contribution in [0.5, 0.6) is 0 Å². The van der Waals surface area contributed by atoms with Crippen molar-refractivity contribution in [1.82, 2.24) is 14.5 Å². The molecule has 26 heavy (non-hydrogen) atoms. The van der Waals surface area contributed by atoms with E-state index in [-0.39, 0.29) is 17.1 Å². The Morgan fingerprint density at radius 1 is 1.31 bits per heavy atom. The summed E-state index contributed by atoms with van der Waals surface area (Å²) in [6, 6.07) is 8.33. The van der Waals surface area contributed by atoms with E-state index in [0.717, 1.165) is 25.0 Å². The van der Waals surface area contributed by atoms with Crippen molar-refractivity contribution in [2.75, 3.05) is 18.8 Å². The highest BCUT2D eigenvalue weighted by molar-refractivity contribution is 8.00. The van der Waals surface area contributed by atoms with Gasteiger partial charge in [-0.2, -0.15) is 0 Å². The number of piperidine rings is 1. The summed E-state index contributed by atoms with van der Waals surface area (Å²) in [6.45, 7) is 1.43. The molecule has 2 atom stereocenters. The van der Waals surface area contributed by atoms with Crippen molar-refractivity contribution < 1.29 is 9.90 Å². The highest BCUT2D eigenvalue weighted by Crippen LogP contribution is 2.39. The third-order valence-electron chi connectivity index (χ3n) is 5.64. The molecular weight excluding hydrogens is 346 g/mol. The summed E-state index contributed by atoms with van der Waals surface area (Å²) in [6.07, 6.45) is 5.70. The molecule has 0 saturated carbocycles. The summed E-state index contributed by atoms with van der Waals surface area (Å²) in [4.78, 5) is 19.4. The van der Waals surface area contributed by atoms with Crippen LogP contribution in [0.3, 0.4) is 0 Å². The lowest BCUT2D eigenvalue weighted by Gasteiger charge is -2.36. The molecular formula is C20H25N3O2S. The van der Waals surface area contributed by atoms with E-state index < -0.39 is 6.10 Å². The van der Waals surface area contributed by atoms with Gasteiger partial charge in [-0.05, 0) is 42.1 Å². The van der Waals surface area contributed by atoms with Crippen LogP contribution in [0.15, 0.2) is 36.7 Å². The Bertz CT molecular complexity index is 783. The number of amides is 1. The number of likely N-dealkylation sites (tertiary alicyclic amines) is 1. The van der Waals surface area contributed by atoms with Crippen LogP contribution in [0.1, 0.15) is 41.1 Å². The zero-order valence-electron chi connectivity index (χ0n) is 15.0. The molecule has 0 bridgehead atoms. The molecule has 0 aliphatic carbocycles. The SMILES string of the molecule is Cn1ccnc1[C@@H](O)C1CCN(C(=O)[C@@H]2SCCc3ccccc32)CC1. The van der Waals surface area contributed by atoms with Crippen LogP contribution < -0.4 is 0 Å². The molecule has 1 aromatic heterocycles. The van der Waals surface area contributed by atoms with E-state index in [2.05, 4.69) is 23.2 Å². The van der Waals surface area contributed by atoms with Crippen LogP contribution in [0.2, 0.25) is 0 Å². The number of carbonyl (C=O) groups is 1. The fourth-order valence-corrected chi connectivity index (χ4v) is 5.35. The van der Waals surface area contributed by atoms with E-state index in [4.69, 9.17) is 0 Å². The Kier molecular flexibility index (Phi) is 5.05. The van der Waals surface area contributed by atoms with Gasteiger partial charge in [0, 0.05) is 32.5 Å². The number of benzene rings is 1. The van der Waals surface area contributed by atoms with Crippen LogP contribution in [-0.4, -0.2) is 44.3 Å². The predicted molar refractivity (Wildman–Crippen MR) is 103 cm³/mol. The second-order valence-corrected chi connectivity index (χ2v) is 8.42. The van der Waals surface area contributed by atoms with Crippen LogP contribution in [0.4, 0.5) is 0 Å². The number of aliphatic hydroxyl groups is 1. The van der Waals surface area contributed by atoms with Crippen LogP contribution >= 0.6 is 11.8 Å². The van der Waals surface area contributed by atoms with Gasteiger partial charge in [0.15, 0.2) is 0 Å². The van der Waals surface area contributed by atoms with Gasteiger partial charge in [-0.15, -0.1) is 11.8 Å². The molecule has 6 heteroatoms. The maximum atomic E-state index is 13.1. The first-order chi connectivity index (χ1) is 12.6. The molecule has 5 nitrogen and oxygen atoms in total. The molecule has 2 aromatic rings. The van der Waals surface area contributed by atoms with Gasteiger partial charge in [-0.25, -0.2) is 4.98 Å². The van der Waals surface area contributed by atoms with Gasteiger partial charge in [0.2, 0.25) is 5.91 Å². The first-order valence-corrected chi connectivity index (χ1v) is 10.3. The van der Waals surface area contributed by atoms with Crippen molar-refractivity contribution >= 4 is 17.7 Å². The van der Waals surface area contributed by atoms with Gasteiger partial charge >= 0.3 is 0 Å². The standard InChI is InChI=1S/C20H25N3O2S/c1-22-12-9-21-19(22)17(24)15-6-10-23(11-7-15)20(25)18-16-5-3-2-4-14(16)8-13-26-18/h2-5,9,12,15,17-18,24H,6-8,10-11,13H2,1H3/t17-,18+/m0/s1. The molecule has 1 saturated heterocycles. The molecule has 1 fully saturated rings. The van der Waals surface area contributed by atoms with Crippen molar-refractivity contribution in [3.8, 4) is 0 Å². The molecule has 1 amide bonds. The molecule has 3 heterocycles. The lowest BCUT2D eigenvalue weighted by molar-refractivity contribution is -0.132. The van der Waals surface area contributed by atoms with E-state index in [1.165, 1.54) is 11.1 Å². The monoisotopic (exact) mass is 371 g/mol. The summed E-state index contributed by atoms with van der Waals surface area (Å²) in [7, 11) is 1.90. The van der Waals surface area contributed by atoms with E-state index in [1.807, 2.05) is 28.8 Å². The summed E-state index contributed by atoms with van der Waals surface area (Å²) in [5, 5.41) is 10.6. The van der Waals surface area contributed by atoms with E-state index in [0.29, 0.717) is 18.9 Å². The van der Waals surface area contributed by atoms with Crippen molar-refractivity contribution in [3.63, 3.8) is 0 Å². The molecule has 138 valence electrons. The number of aryl methyl sites for hydroxylation is 2. The highest BCUT2D eigenvalue weighted by atomic mass is 32.2. The fraction of sp³-hybridized carbons (Fsp3) is 0.500. The van der Waals surface area contributed by atoms with Crippen molar-refractivity contribution in [2.24, 2.45) is 13.0 Å². The molecule has 0 radical (unpaired) electrons. The minimum Gasteiger partial charge on any atom is -0.385 e. The molecule has 1 aromatic carbocycles. The number of hydrogen-bond donors (Lipinski definition) is 1. The second kappa shape index (κ2) is 7.45. The summed E-state index contributed by atoms with van der Waals surface area (Å²) >= 11 is 1.76. The minimum atomic E-state index is -0.558. The van der Waals surface area contributed by atoms with Gasteiger partial charge in [0.25, 0.3) is 0 Å². The topological polar surface area (TPSA) is 58.4 Å². The van der Waals surface area contributed by atoms with Gasteiger partial charge in [-0.3, -0.25) is 4.79 Å². The summed E-state index contributed by atoms with van der Waals surface area (Å²) < 4.78 is 1.87. The highest BCUT2D eigenvalue weighted by Gasteiger charge is 2.34. The normalized spacial score (nSPS) is 22.1. The lowest BCUT2D eigenvalue weighted by Crippen LogP contribution is -2.42. The van der Waals surface area contributed by atoms with Gasteiger partial charge in [0.05, 0.1) is 0 Å². The third-order valence-corrected chi connectivity index (χ3v) is 6.87. The second-order valence-electron chi connectivity index (χ2n) is 7.20. The zero-order valence-corrected chi connectivity index (χ0v) is 15.9. The molecule has 2 aliphatic heterocycles. The first-order valence-electron chi connectivity index (χ1n) is 9.28. The van der Waals surface area contributed by atoms with Gasteiger partial charge in [-0.1, -0.05) is 24.3 Å². The predicted octanol–water partition coefficient (Wildman–Crippen LogP) is 2.72.